The summed E-state index contributed by atoms with van der Waals surface area (Å²) in [5.74, 6) is 0.517. The van der Waals surface area contributed by atoms with Crippen LogP contribution in [0.15, 0.2) is 60.7 Å². The van der Waals surface area contributed by atoms with Crippen LogP contribution in [0.2, 0.25) is 0 Å². The summed E-state index contributed by atoms with van der Waals surface area (Å²) in [4.78, 5) is 29.5. The molecule has 0 spiro atoms. The van der Waals surface area contributed by atoms with Crippen molar-refractivity contribution in [2.24, 2.45) is 0 Å². The number of nitrogens with one attached hydrogen (secondary N) is 1. The number of amides is 2. The molecule has 3 aromatic carbocycles. The number of para-hydroxylation sites is 1. The van der Waals surface area contributed by atoms with Crippen LogP contribution in [0.4, 0.5) is 0 Å². The molecule has 4 aromatic rings. The average Bonchev–Trinajstić information content (AvgIpc) is 3.36. The first-order valence-corrected chi connectivity index (χ1v) is 13.5. The summed E-state index contributed by atoms with van der Waals surface area (Å²) < 4.78 is 17.6. The summed E-state index contributed by atoms with van der Waals surface area (Å²) >= 11 is 0. The minimum absolute atomic E-state index is 0.141. The highest BCUT2D eigenvalue weighted by atomic mass is 16.5. The zero-order valence-corrected chi connectivity index (χ0v) is 24.7. The minimum atomic E-state index is -1.07. The molecule has 11 nitrogen and oxygen atoms in total. The van der Waals surface area contributed by atoms with E-state index >= 15 is 0 Å². The third-order valence-corrected chi connectivity index (χ3v) is 6.69. The number of fused-ring (bicyclic) bond motifs is 1. The summed E-state index contributed by atoms with van der Waals surface area (Å²) in [5, 5.41) is 22.0. The number of aromatic nitrogens is 3. The van der Waals surface area contributed by atoms with Crippen LogP contribution in [0, 0.1) is 0 Å². The lowest BCUT2D eigenvalue weighted by atomic mass is 10.00. The fraction of sp³-hybridized carbons (Fsp3) is 0.355. The maximum absolute atomic E-state index is 14.1. The van der Waals surface area contributed by atoms with E-state index in [0.29, 0.717) is 34.5 Å². The number of carbonyl (C=O) groups excluding carboxylic acids is 2. The van der Waals surface area contributed by atoms with Crippen LogP contribution in [0.3, 0.4) is 0 Å². The van der Waals surface area contributed by atoms with E-state index in [1.54, 1.807) is 32.4 Å². The summed E-state index contributed by atoms with van der Waals surface area (Å²) in [6, 6.07) is 16.5. The van der Waals surface area contributed by atoms with Gasteiger partial charge in [0.15, 0.2) is 23.0 Å². The molecule has 0 saturated heterocycles. The number of hydrogen-bond donors (Lipinski definition) is 2. The molecule has 0 aliphatic heterocycles. The average molecular weight is 576 g/mol. The van der Waals surface area contributed by atoms with Crippen LogP contribution in [0.25, 0.3) is 11.0 Å². The molecule has 0 radical (unpaired) electrons. The number of benzene rings is 3. The van der Waals surface area contributed by atoms with E-state index in [9.17, 15) is 14.7 Å². The number of phenols is 1. The molecular formula is C31H37N5O6. The summed E-state index contributed by atoms with van der Waals surface area (Å²) in [7, 11) is 4.57. The molecule has 0 unspecified atom stereocenters. The van der Waals surface area contributed by atoms with Crippen LogP contribution < -0.4 is 19.5 Å². The van der Waals surface area contributed by atoms with Crippen molar-refractivity contribution in [3.63, 3.8) is 0 Å². The van der Waals surface area contributed by atoms with Gasteiger partial charge in [-0.2, -0.15) is 0 Å². The van der Waals surface area contributed by atoms with E-state index in [4.69, 9.17) is 14.2 Å². The number of ether oxygens (including phenoxy) is 3. The topological polar surface area (TPSA) is 128 Å². The lowest BCUT2D eigenvalue weighted by Crippen LogP contribution is -2.50. The van der Waals surface area contributed by atoms with E-state index < -0.39 is 17.5 Å². The Balaban J connectivity index is 1.76. The molecule has 2 amide bonds. The fourth-order valence-electron chi connectivity index (χ4n) is 4.72. The quantitative estimate of drug-likeness (QED) is 0.276. The summed E-state index contributed by atoms with van der Waals surface area (Å²) in [5.41, 5.74) is 2.08. The molecule has 0 fully saturated rings. The Hall–Kier alpha value is -4.80. The lowest BCUT2D eigenvalue weighted by Gasteiger charge is -2.34. The van der Waals surface area contributed by atoms with Gasteiger partial charge in [-0.3, -0.25) is 9.59 Å². The molecule has 0 aliphatic rings. The zero-order chi connectivity index (χ0) is 30.4. The zero-order valence-electron chi connectivity index (χ0n) is 24.7. The highest BCUT2D eigenvalue weighted by Gasteiger charge is 2.34. The maximum atomic E-state index is 14.1. The Kier molecular flexibility index (Phi) is 9.19. The highest BCUT2D eigenvalue weighted by Crippen LogP contribution is 2.33. The molecule has 42 heavy (non-hydrogen) atoms. The second-order valence-corrected chi connectivity index (χ2v) is 10.8. The number of nitrogens with zero attached hydrogens (tertiary/aromatic N) is 4. The van der Waals surface area contributed by atoms with Gasteiger partial charge in [-0.25, -0.2) is 4.68 Å². The fourth-order valence-corrected chi connectivity index (χ4v) is 4.72. The second-order valence-electron chi connectivity index (χ2n) is 10.8. The van der Waals surface area contributed by atoms with E-state index in [0.717, 1.165) is 5.56 Å². The largest absolute Gasteiger partial charge is 0.504 e. The van der Waals surface area contributed by atoms with Gasteiger partial charge in [-0.05, 0) is 74.7 Å². The van der Waals surface area contributed by atoms with Crippen LogP contribution in [0.1, 0.15) is 37.9 Å². The molecular weight excluding hydrogens is 538 g/mol. The number of hydrogen-bond acceptors (Lipinski definition) is 8. The summed E-state index contributed by atoms with van der Waals surface area (Å²) in [6.45, 7) is 5.63. The number of methoxy groups -OCH3 is 3. The first-order chi connectivity index (χ1) is 20.0. The summed E-state index contributed by atoms with van der Waals surface area (Å²) in [6.07, 6.45) is 0.408. The molecule has 4 rings (SSSR count). The minimum Gasteiger partial charge on any atom is -0.504 e. The van der Waals surface area contributed by atoms with Crippen molar-refractivity contribution in [3.05, 3.63) is 71.8 Å². The second kappa shape index (κ2) is 12.8. The van der Waals surface area contributed by atoms with Crippen LogP contribution in [0.5, 0.6) is 23.0 Å². The van der Waals surface area contributed by atoms with Crippen LogP contribution in [-0.2, 0) is 22.6 Å². The predicted molar refractivity (Wildman–Crippen MR) is 158 cm³/mol. The van der Waals surface area contributed by atoms with E-state index in [2.05, 4.69) is 15.6 Å². The molecule has 0 saturated carbocycles. The van der Waals surface area contributed by atoms with Gasteiger partial charge in [0.05, 0.1) is 26.8 Å². The van der Waals surface area contributed by atoms with Gasteiger partial charge in [0.1, 0.15) is 18.1 Å². The van der Waals surface area contributed by atoms with Gasteiger partial charge < -0.3 is 29.5 Å². The molecule has 1 heterocycles. The van der Waals surface area contributed by atoms with Gasteiger partial charge in [0.25, 0.3) is 0 Å². The van der Waals surface area contributed by atoms with Crippen molar-refractivity contribution in [1.29, 1.82) is 0 Å². The highest BCUT2D eigenvalue weighted by molar-refractivity contribution is 5.89. The van der Waals surface area contributed by atoms with Crippen molar-refractivity contribution in [2.45, 2.75) is 45.3 Å². The smallest absolute Gasteiger partial charge is 0.247 e. The van der Waals surface area contributed by atoms with E-state index in [1.165, 1.54) is 22.8 Å². The standard InChI is InChI=1S/C31H37N5O6/c1-31(2,3)32-30(39)29(21-12-14-25(40-4)24(37)18-21)35(16-15-20-11-13-26(41-5)27(17-20)42-6)28(38)19-36-23-10-8-7-9-22(23)33-34-36/h7-14,17-18,29,37H,15-16,19H2,1-6H3,(H,32,39)/t29-/m0/s1. The van der Waals surface area contributed by atoms with Gasteiger partial charge in [0.2, 0.25) is 11.8 Å². The molecule has 1 aromatic heterocycles. The normalized spacial score (nSPS) is 12.0. The van der Waals surface area contributed by atoms with E-state index in [-0.39, 0.29) is 30.5 Å². The Morgan fingerprint density at radius 1 is 0.952 bits per heavy atom. The molecule has 0 bridgehead atoms. The first kappa shape index (κ1) is 30.2. The predicted octanol–water partition coefficient (Wildman–Crippen LogP) is 3.89. The SMILES string of the molecule is COc1ccc([C@@H](C(=O)NC(C)(C)C)N(CCc2ccc(OC)c(OC)c2)C(=O)Cn2nnc3ccccc32)cc1O. The van der Waals surface area contributed by atoms with Crippen LogP contribution in [-0.4, -0.2) is 70.2 Å². The van der Waals surface area contributed by atoms with Gasteiger partial charge in [-0.15, -0.1) is 5.10 Å². The van der Waals surface area contributed by atoms with Crippen LogP contribution >= 0.6 is 0 Å². The number of phenolic OH excluding ortho intramolecular Hbond substituents is 1. The number of carbonyl (C=O) groups is 2. The van der Waals surface area contributed by atoms with Gasteiger partial charge in [-0.1, -0.05) is 29.5 Å². The first-order valence-electron chi connectivity index (χ1n) is 13.5. The van der Waals surface area contributed by atoms with Gasteiger partial charge in [0, 0.05) is 12.1 Å². The molecule has 2 N–H and O–H groups in total. The molecule has 11 heteroatoms. The van der Waals surface area contributed by atoms with Crippen molar-refractivity contribution in [2.75, 3.05) is 27.9 Å². The molecule has 0 aliphatic carbocycles. The van der Waals surface area contributed by atoms with Crippen molar-refractivity contribution in [3.8, 4) is 23.0 Å². The third kappa shape index (κ3) is 6.91. The monoisotopic (exact) mass is 575 g/mol. The molecule has 1 atom stereocenters. The lowest BCUT2D eigenvalue weighted by molar-refractivity contribution is -0.142. The number of rotatable bonds is 11. The Bertz CT molecular complexity index is 1560. The van der Waals surface area contributed by atoms with Gasteiger partial charge >= 0.3 is 0 Å². The van der Waals surface area contributed by atoms with E-state index in [1.807, 2.05) is 57.2 Å². The third-order valence-electron chi connectivity index (χ3n) is 6.69. The maximum Gasteiger partial charge on any atom is 0.247 e. The molecule has 222 valence electrons. The Morgan fingerprint density at radius 2 is 1.64 bits per heavy atom. The Morgan fingerprint density at radius 3 is 2.31 bits per heavy atom. The number of aromatic hydroxyl groups is 1. The Labute approximate surface area is 245 Å². The van der Waals surface area contributed by atoms with Crippen molar-refractivity contribution in [1.82, 2.24) is 25.2 Å². The van der Waals surface area contributed by atoms with Crippen molar-refractivity contribution < 1.29 is 28.9 Å². The van der Waals surface area contributed by atoms with Crippen molar-refractivity contribution >= 4 is 22.8 Å².